The number of allylic oxidation sites excluding steroid dienone is 3. The number of halogens is 3. The molecule has 0 unspecified atom stereocenters. The Labute approximate surface area is 69.1 Å². The Bertz CT molecular complexity index is 262. The van der Waals surface area contributed by atoms with Gasteiger partial charge in [-0.2, -0.15) is 13.2 Å². The molecule has 0 spiro atoms. The van der Waals surface area contributed by atoms with Gasteiger partial charge < -0.3 is 0 Å². The van der Waals surface area contributed by atoms with Crippen molar-refractivity contribution < 1.29 is 13.2 Å². The Kier molecular flexibility index (Phi) is 2.43. The van der Waals surface area contributed by atoms with E-state index in [1.807, 2.05) is 6.92 Å². The van der Waals surface area contributed by atoms with E-state index >= 15 is 0 Å². The van der Waals surface area contributed by atoms with Crippen LogP contribution in [0.25, 0.3) is 0 Å². The normalized spacial score (nSPS) is 17.3. The molecule has 0 bridgehead atoms. The van der Waals surface area contributed by atoms with Crippen molar-refractivity contribution in [3.05, 3.63) is 29.0 Å². The van der Waals surface area contributed by atoms with Crippen molar-refractivity contribution in [2.24, 2.45) is 0 Å². The minimum absolute atomic E-state index is 0.377. The lowest BCUT2D eigenvalue weighted by Crippen LogP contribution is -2.10. The van der Waals surface area contributed by atoms with Crippen LogP contribution in [0.15, 0.2) is 29.0 Å². The smallest absolute Gasteiger partial charge is 0.166 e. The quantitative estimate of drug-likeness (QED) is 0.534. The van der Waals surface area contributed by atoms with Crippen molar-refractivity contribution in [3.63, 3.8) is 0 Å². The van der Waals surface area contributed by atoms with Gasteiger partial charge in [0.15, 0.2) is 0 Å². The summed E-state index contributed by atoms with van der Waals surface area (Å²) in [6.45, 7) is 1.91. The maximum atomic E-state index is 12.0. The molecule has 12 heavy (non-hydrogen) atoms. The average Bonchev–Trinajstić information content (AvgIpc) is 2.03. The Morgan fingerprint density at radius 3 is 2.50 bits per heavy atom. The van der Waals surface area contributed by atoms with Gasteiger partial charge in [0.2, 0.25) is 0 Å². The van der Waals surface area contributed by atoms with Gasteiger partial charge in [0.25, 0.3) is 0 Å². The molecular weight excluding hydrogens is 165 g/mol. The molecular formula is C9H9F3. The molecule has 1 rings (SSSR count). The van der Waals surface area contributed by atoms with Crippen LogP contribution in [0, 0.1) is 0 Å². The fourth-order valence-corrected chi connectivity index (χ4v) is 0.975. The Balaban J connectivity index is 2.83. The molecule has 66 valence electrons. The Morgan fingerprint density at radius 1 is 1.50 bits per heavy atom. The SMILES string of the molecule is CCC1=C=CC(C(F)(F)F)=CC1. The molecule has 0 nitrogen and oxygen atoms in total. The third kappa shape index (κ3) is 2.02. The minimum atomic E-state index is -4.22. The molecule has 1 aliphatic rings. The number of alkyl halides is 3. The van der Waals surface area contributed by atoms with Crippen LogP contribution in [0.5, 0.6) is 0 Å². The molecule has 0 aromatic heterocycles. The second kappa shape index (κ2) is 3.20. The topological polar surface area (TPSA) is 0 Å². The van der Waals surface area contributed by atoms with Crippen LogP contribution in [0.1, 0.15) is 19.8 Å². The van der Waals surface area contributed by atoms with Crippen molar-refractivity contribution in [1.82, 2.24) is 0 Å². The summed E-state index contributed by atoms with van der Waals surface area (Å²) in [7, 11) is 0. The van der Waals surface area contributed by atoms with E-state index in [1.165, 1.54) is 6.08 Å². The maximum absolute atomic E-state index is 12.0. The summed E-state index contributed by atoms with van der Waals surface area (Å²) in [5.41, 5.74) is 2.96. The summed E-state index contributed by atoms with van der Waals surface area (Å²) in [5.74, 6) is 0. The Hall–Kier alpha value is -0.950. The maximum Gasteiger partial charge on any atom is 0.416 e. The highest BCUT2D eigenvalue weighted by Crippen LogP contribution is 2.29. The highest BCUT2D eigenvalue weighted by Gasteiger charge is 2.32. The van der Waals surface area contributed by atoms with E-state index in [0.717, 1.165) is 18.1 Å². The van der Waals surface area contributed by atoms with Crippen molar-refractivity contribution in [2.45, 2.75) is 25.9 Å². The summed E-state index contributed by atoms with van der Waals surface area (Å²) in [4.78, 5) is 0. The first-order valence-corrected chi connectivity index (χ1v) is 3.76. The van der Waals surface area contributed by atoms with Crippen molar-refractivity contribution in [1.29, 1.82) is 0 Å². The summed E-state index contributed by atoms with van der Waals surface area (Å²) in [6, 6.07) is 0. The van der Waals surface area contributed by atoms with Gasteiger partial charge in [0.1, 0.15) is 0 Å². The zero-order chi connectivity index (χ0) is 9.19. The first kappa shape index (κ1) is 9.14. The molecule has 0 aliphatic heterocycles. The average molecular weight is 174 g/mol. The van der Waals surface area contributed by atoms with Crippen molar-refractivity contribution >= 4 is 0 Å². The van der Waals surface area contributed by atoms with Gasteiger partial charge >= 0.3 is 6.18 Å². The van der Waals surface area contributed by atoms with E-state index in [4.69, 9.17) is 0 Å². The van der Waals surface area contributed by atoms with Gasteiger partial charge in [-0.15, -0.1) is 5.73 Å². The van der Waals surface area contributed by atoms with E-state index in [0.29, 0.717) is 6.42 Å². The largest absolute Gasteiger partial charge is 0.416 e. The van der Waals surface area contributed by atoms with Crippen LogP contribution >= 0.6 is 0 Å². The molecule has 0 aromatic carbocycles. The van der Waals surface area contributed by atoms with E-state index < -0.39 is 11.7 Å². The lowest BCUT2D eigenvalue weighted by Gasteiger charge is -2.09. The molecule has 3 heteroatoms. The van der Waals surface area contributed by atoms with Crippen LogP contribution < -0.4 is 0 Å². The molecule has 0 aromatic rings. The van der Waals surface area contributed by atoms with Gasteiger partial charge in [-0.1, -0.05) is 13.0 Å². The highest BCUT2D eigenvalue weighted by atomic mass is 19.4. The zero-order valence-electron chi connectivity index (χ0n) is 6.70. The van der Waals surface area contributed by atoms with E-state index in [1.54, 1.807) is 0 Å². The van der Waals surface area contributed by atoms with E-state index in [9.17, 15) is 13.2 Å². The summed E-state index contributed by atoms with van der Waals surface area (Å²) in [5, 5.41) is 0. The molecule has 0 radical (unpaired) electrons. The molecule has 0 N–H and O–H groups in total. The van der Waals surface area contributed by atoms with Crippen LogP contribution in [0.4, 0.5) is 13.2 Å². The lowest BCUT2D eigenvalue weighted by molar-refractivity contribution is -0.0884. The zero-order valence-corrected chi connectivity index (χ0v) is 6.70. The minimum Gasteiger partial charge on any atom is -0.166 e. The summed E-state index contributed by atoms with van der Waals surface area (Å²) >= 11 is 0. The molecule has 0 fully saturated rings. The van der Waals surface area contributed by atoms with Gasteiger partial charge in [-0.3, -0.25) is 0 Å². The van der Waals surface area contributed by atoms with E-state index in [2.05, 4.69) is 5.73 Å². The van der Waals surface area contributed by atoms with Gasteiger partial charge in [-0.05, 0) is 24.5 Å². The molecule has 0 saturated heterocycles. The van der Waals surface area contributed by atoms with Gasteiger partial charge in [0.05, 0.1) is 5.57 Å². The first-order chi connectivity index (χ1) is 5.54. The fraction of sp³-hybridized carbons (Fsp3) is 0.444. The highest BCUT2D eigenvalue weighted by molar-refractivity contribution is 5.30. The van der Waals surface area contributed by atoms with Gasteiger partial charge in [0, 0.05) is 0 Å². The third-order valence-corrected chi connectivity index (χ3v) is 1.75. The monoisotopic (exact) mass is 174 g/mol. The number of hydrogen-bond acceptors (Lipinski definition) is 0. The molecule has 0 atom stereocenters. The van der Waals surface area contributed by atoms with Crippen LogP contribution in [0.3, 0.4) is 0 Å². The third-order valence-electron chi connectivity index (χ3n) is 1.75. The molecule has 0 amide bonds. The molecule has 0 heterocycles. The fourth-order valence-electron chi connectivity index (χ4n) is 0.975. The van der Waals surface area contributed by atoms with Crippen molar-refractivity contribution in [3.8, 4) is 0 Å². The molecule has 1 aliphatic carbocycles. The van der Waals surface area contributed by atoms with Gasteiger partial charge in [-0.25, -0.2) is 0 Å². The predicted octanol–water partition coefficient (Wildman–Crippen LogP) is 3.37. The number of rotatable bonds is 1. The second-order valence-corrected chi connectivity index (χ2v) is 2.61. The van der Waals surface area contributed by atoms with Crippen LogP contribution in [-0.4, -0.2) is 6.18 Å². The summed E-state index contributed by atoms with van der Waals surface area (Å²) in [6.07, 6.45) is -0.857. The summed E-state index contributed by atoms with van der Waals surface area (Å²) < 4.78 is 36.1. The van der Waals surface area contributed by atoms with Crippen LogP contribution in [0.2, 0.25) is 0 Å². The standard InChI is InChI=1S/C9H9F3/c1-2-7-3-5-8(6-4-7)9(10,11)12/h5-6H,2-3H2,1H3. The lowest BCUT2D eigenvalue weighted by atomic mass is 10.0. The van der Waals surface area contributed by atoms with Crippen molar-refractivity contribution in [2.75, 3.05) is 0 Å². The first-order valence-electron chi connectivity index (χ1n) is 3.76. The molecule has 0 saturated carbocycles. The number of hydrogen-bond donors (Lipinski definition) is 0. The van der Waals surface area contributed by atoms with E-state index in [-0.39, 0.29) is 0 Å². The predicted molar refractivity (Wildman–Crippen MR) is 40.6 cm³/mol. The Morgan fingerprint density at radius 2 is 2.17 bits per heavy atom. The van der Waals surface area contributed by atoms with Crippen LogP contribution in [-0.2, 0) is 0 Å². The second-order valence-electron chi connectivity index (χ2n) is 2.61.